The van der Waals surface area contributed by atoms with Crippen LogP contribution in [0.3, 0.4) is 0 Å². The van der Waals surface area contributed by atoms with E-state index in [9.17, 15) is 9.59 Å². The molecule has 1 saturated carbocycles. The Kier molecular flexibility index (Phi) is 5.33. The molecule has 1 aliphatic rings. The summed E-state index contributed by atoms with van der Waals surface area (Å²) in [5.41, 5.74) is 1.72. The Morgan fingerprint density at radius 1 is 1.29 bits per heavy atom. The summed E-state index contributed by atoms with van der Waals surface area (Å²) in [7, 11) is 1.75. The van der Waals surface area contributed by atoms with Crippen molar-refractivity contribution in [3.63, 3.8) is 0 Å². The maximum atomic E-state index is 12.0. The second-order valence-electron chi connectivity index (χ2n) is 5.56. The number of hydrogen-bond acceptors (Lipinski definition) is 3. The molecular weight excluding hydrogens is 266 g/mol. The van der Waals surface area contributed by atoms with E-state index >= 15 is 0 Å². The summed E-state index contributed by atoms with van der Waals surface area (Å²) >= 11 is 0. The molecule has 1 fully saturated rings. The molecule has 2 rings (SSSR count). The van der Waals surface area contributed by atoms with Gasteiger partial charge in [0.15, 0.2) is 0 Å². The molecule has 0 saturated heterocycles. The molecule has 5 nitrogen and oxygen atoms in total. The third-order valence-electron chi connectivity index (χ3n) is 3.60. The summed E-state index contributed by atoms with van der Waals surface area (Å²) in [5, 5.41) is 6.25. The van der Waals surface area contributed by atoms with Crippen molar-refractivity contribution < 1.29 is 9.59 Å². The number of rotatable bonds is 7. The summed E-state index contributed by atoms with van der Waals surface area (Å²) < 4.78 is 0. The third-order valence-corrected chi connectivity index (χ3v) is 3.60. The molecule has 0 heterocycles. The van der Waals surface area contributed by atoms with E-state index in [-0.39, 0.29) is 11.8 Å². The second kappa shape index (κ2) is 7.22. The molecule has 2 amide bonds. The van der Waals surface area contributed by atoms with Crippen LogP contribution in [0.25, 0.3) is 0 Å². The Labute approximate surface area is 125 Å². The zero-order valence-electron chi connectivity index (χ0n) is 12.7. The van der Waals surface area contributed by atoms with Crippen molar-refractivity contribution >= 4 is 17.5 Å². The molecule has 21 heavy (non-hydrogen) atoms. The Morgan fingerprint density at radius 3 is 2.67 bits per heavy atom. The van der Waals surface area contributed by atoms with Crippen LogP contribution in [0.4, 0.5) is 5.69 Å². The van der Waals surface area contributed by atoms with Crippen LogP contribution in [0.1, 0.15) is 31.7 Å². The van der Waals surface area contributed by atoms with Crippen molar-refractivity contribution in [2.24, 2.45) is 0 Å². The number of para-hydroxylation sites is 1. The quantitative estimate of drug-likeness (QED) is 0.804. The number of carbonyl (C=O) groups is 2. The number of benzene rings is 1. The number of nitrogens with one attached hydrogen (secondary N) is 2. The van der Waals surface area contributed by atoms with Gasteiger partial charge in [0.2, 0.25) is 11.8 Å². The lowest BCUT2D eigenvalue weighted by Gasteiger charge is -2.18. The summed E-state index contributed by atoms with van der Waals surface area (Å²) in [4.78, 5) is 24.9. The van der Waals surface area contributed by atoms with Gasteiger partial charge in [-0.2, -0.15) is 0 Å². The molecule has 1 aliphatic carbocycles. The predicted molar refractivity (Wildman–Crippen MR) is 82.9 cm³/mol. The number of nitrogens with zero attached hydrogens (tertiary/aromatic N) is 1. The lowest BCUT2D eigenvalue weighted by Crippen LogP contribution is -2.25. The average molecular weight is 289 g/mol. The SMILES string of the molecule is CC(=O)N(C)Cc1ccccc1NC(=O)CCNC1CC1. The van der Waals surface area contributed by atoms with Gasteiger partial charge >= 0.3 is 0 Å². The van der Waals surface area contributed by atoms with Crippen LogP contribution in [0.2, 0.25) is 0 Å². The molecule has 1 aromatic rings. The number of hydrogen-bond donors (Lipinski definition) is 2. The van der Waals surface area contributed by atoms with Crippen LogP contribution < -0.4 is 10.6 Å². The molecule has 0 bridgehead atoms. The lowest BCUT2D eigenvalue weighted by molar-refractivity contribution is -0.128. The van der Waals surface area contributed by atoms with Crippen molar-refractivity contribution in [2.45, 2.75) is 38.8 Å². The fraction of sp³-hybridized carbons (Fsp3) is 0.500. The van der Waals surface area contributed by atoms with Crippen LogP contribution >= 0.6 is 0 Å². The zero-order valence-corrected chi connectivity index (χ0v) is 12.7. The predicted octanol–water partition coefficient (Wildman–Crippen LogP) is 1.75. The Morgan fingerprint density at radius 2 is 2.00 bits per heavy atom. The molecule has 0 aromatic heterocycles. The van der Waals surface area contributed by atoms with Gasteiger partial charge in [-0.1, -0.05) is 18.2 Å². The van der Waals surface area contributed by atoms with Crippen LogP contribution in [0.15, 0.2) is 24.3 Å². The summed E-state index contributed by atoms with van der Waals surface area (Å²) in [6.07, 6.45) is 2.91. The lowest BCUT2D eigenvalue weighted by atomic mass is 10.1. The molecule has 0 aliphatic heterocycles. The van der Waals surface area contributed by atoms with Crippen molar-refractivity contribution in [3.8, 4) is 0 Å². The Hall–Kier alpha value is -1.88. The van der Waals surface area contributed by atoms with Gasteiger partial charge in [-0.15, -0.1) is 0 Å². The van der Waals surface area contributed by atoms with Gasteiger partial charge in [-0.05, 0) is 24.5 Å². The molecule has 0 atom stereocenters. The second-order valence-corrected chi connectivity index (χ2v) is 5.56. The molecule has 114 valence electrons. The van der Waals surface area contributed by atoms with Gasteiger partial charge in [0, 0.05) is 45.2 Å². The first-order valence-corrected chi connectivity index (χ1v) is 7.39. The summed E-state index contributed by atoms with van der Waals surface area (Å²) in [6.45, 7) is 2.74. The summed E-state index contributed by atoms with van der Waals surface area (Å²) in [6, 6.07) is 8.21. The van der Waals surface area contributed by atoms with Crippen molar-refractivity contribution in [1.29, 1.82) is 0 Å². The molecule has 1 aromatic carbocycles. The van der Waals surface area contributed by atoms with Crippen LogP contribution in [-0.2, 0) is 16.1 Å². The smallest absolute Gasteiger partial charge is 0.225 e. The van der Waals surface area contributed by atoms with Crippen molar-refractivity contribution in [1.82, 2.24) is 10.2 Å². The molecule has 5 heteroatoms. The van der Waals surface area contributed by atoms with E-state index in [1.807, 2.05) is 24.3 Å². The highest BCUT2D eigenvalue weighted by atomic mass is 16.2. The number of amides is 2. The van der Waals surface area contributed by atoms with Gasteiger partial charge in [0.25, 0.3) is 0 Å². The molecule has 0 radical (unpaired) electrons. The van der Waals surface area contributed by atoms with E-state index in [1.165, 1.54) is 19.8 Å². The highest BCUT2D eigenvalue weighted by Gasteiger charge is 2.20. The maximum Gasteiger partial charge on any atom is 0.225 e. The van der Waals surface area contributed by atoms with E-state index < -0.39 is 0 Å². The van der Waals surface area contributed by atoms with Gasteiger partial charge in [0.05, 0.1) is 0 Å². The van der Waals surface area contributed by atoms with Crippen LogP contribution in [0, 0.1) is 0 Å². The molecule has 2 N–H and O–H groups in total. The van der Waals surface area contributed by atoms with E-state index in [0.717, 1.165) is 11.3 Å². The van der Waals surface area contributed by atoms with E-state index in [2.05, 4.69) is 10.6 Å². The number of carbonyl (C=O) groups excluding carboxylic acids is 2. The maximum absolute atomic E-state index is 12.0. The molecule has 0 spiro atoms. The Balaban J connectivity index is 1.88. The van der Waals surface area contributed by atoms with Crippen molar-refractivity contribution in [3.05, 3.63) is 29.8 Å². The fourth-order valence-electron chi connectivity index (χ4n) is 2.04. The topological polar surface area (TPSA) is 61.4 Å². The first kappa shape index (κ1) is 15.5. The Bertz CT molecular complexity index is 512. The highest BCUT2D eigenvalue weighted by molar-refractivity contribution is 5.91. The van der Waals surface area contributed by atoms with Gasteiger partial charge in [0.1, 0.15) is 0 Å². The van der Waals surface area contributed by atoms with Gasteiger partial charge in [-0.3, -0.25) is 9.59 Å². The minimum atomic E-state index is 0.000998. The summed E-state index contributed by atoms with van der Waals surface area (Å²) in [5.74, 6) is 0.00541. The van der Waals surface area contributed by atoms with E-state index in [0.29, 0.717) is 25.6 Å². The van der Waals surface area contributed by atoms with Gasteiger partial charge < -0.3 is 15.5 Å². The minimum absolute atomic E-state index is 0.000998. The van der Waals surface area contributed by atoms with Crippen LogP contribution in [-0.4, -0.2) is 36.3 Å². The third kappa shape index (κ3) is 5.19. The standard InChI is InChI=1S/C16H23N3O2/c1-12(20)19(2)11-13-5-3-4-6-15(13)18-16(21)9-10-17-14-7-8-14/h3-6,14,17H,7-11H2,1-2H3,(H,18,21). The van der Waals surface area contributed by atoms with E-state index in [1.54, 1.807) is 11.9 Å². The number of anilines is 1. The van der Waals surface area contributed by atoms with E-state index in [4.69, 9.17) is 0 Å². The van der Waals surface area contributed by atoms with Crippen LogP contribution in [0.5, 0.6) is 0 Å². The largest absolute Gasteiger partial charge is 0.342 e. The first-order chi connectivity index (χ1) is 10.1. The molecule has 0 unspecified atom stereocenters. The molecular formula is C16H23N3O2. The van der Waals surface area contributed by atoms with Gasteiger partial charge in [-0.25, -0.2) is 0 Å². The first-order valence-electron chi connectivity index (χ1n) is 7.39. The zero-order chi connectivity index (χ0) is 15.2. The fourth-order valence-corrected chi connectivity index (χ4v) is 2.04. The normalized spacial score (nSPS) is 13.8. The monoisotopic (exact) mass is 289 g/mol. The average Bonchev–Trinajstić information content (AvgIpc) is 3.25. The van der Waals surface area contributed by atoms with Crippen molar-refractivity contribution in [2.75, 3.05) is 18.9 Å². The highest BCUT2D eigenvalue weighted by Crippen LogP contribution is 2.19. The minimum Gasteiger partial charge on any atom is -0.342 e.